The van der Waals surface area contributed by atoms with Crippen LogP contribution in [0.5, 0.6) is 0 Å². The van der Waals surface area contributed by atoms with E-state index in [2.05, 4.69) is 126 Å². The van der Waals surface area contributed by atoms with Gasteiger partial charge in [-0.2, -0.15) is 0 Å². The molecule has 0 radical (unpaired) electrons. The van der Waals surface area contributed by atoms with E-state index >= 15 is 0 Å². The van der Waals surface area contributed by atoms with E-state index in [1.165, 1.54) is 10.4 Å². The SMILES string of the molecule is CCS[C@@]12C[C@H](OCOC)[C@@H]3O[C@](C)(COCc4ccccc4)[C@@H](OCc4ccccc4)C[C@H]3O[C@H]1C[C@H](C)[C@H](CCCO[Si](c1ccccc1)(c1ccccc1)C(C)(C)C)O2. The van der Waals surface area contributed by atoms with Gasteiger partial charge in [-0.25, -0.2) is 0 Å². The molecule has 0 amide bonds. The van der Waals surface area contributed by atoms with E-state index in [9.17, 15) is 0 Å². The third kappa shape index (κ3) is 10.8. The molecule has 4 aromatic rings. The minimum Gasteiger partial charge on any atom is -0.407 e. The highest BCUT2D eigenvalue weighted by Gasteiger charge is 2.59. The fraction of sp³-hybridized carbons (Fsp3) is 0.538. The number of ether oxygens (including phenoxy) is 7. The molecule has 336 valence electrons. The van der Waals surface area contributed by atoms with Gasteiger partial charge in [0.25, 0.3) is 8.32 Å². The van der Waals surface area contributed by atoms with Gasteiger partial charge in [0.15, 0.2) is 0 Å². The zero-order chi connectivity index (χ0) is 43.6. The number of fused-ring (bicyclic) bond motifs is 2. The van der Waals surface area contributed by atoms with Crippen molar-refractivity contribution in [2.75, 3.05) is 32.9 Å². The Kier molecular flexibility index (Phi) is 16.3. The highest BCUT2D eigenvalue weighted by Crippen LogP contribution is 2.51. The summed E-state index contributed by atoms with van der Waals surface area (Å²) in [5.41, 5.74) is 1.45. The first kappa shape index (κ1) is 47.1. The quantitative estimate of drug-likeness (QED) is 0.0520. The minimum absolute atomic E-state index is 0.0272. The summed E-state index contributed by atoms with van der Waals surface area (Å²) in [5.74, 6) is 1.15. The molecule has 0 unspecified atom stereocenters. The van der Waals surface area contributed by atoms with Gasteiger partial charge in [0.05, 0.1) is 50.3 Å². The monoisotopic (exact) mass is 882 g/mol. The first-order valence-corrected chi connectivity index (χ1v) is 25.7. The van der Waals surface area contributed by atoms with Gasteiger partial charge in [-0.15, -0.1) is 11.8 Å². The Labute approximate surface area is 376 Å². The van der Waals surface area contributed by atoms with Gasteiger partial charge < -0.3 is 37.6 Å². The molecule has 9 atom stereocenters. The van der Waals surface area contributed by atoms with Crippen LogP contribution in [0, 0.1) is 5.92 Å². The molecule has 3 aliphatic heterocycles. The van der Waals surface area contributed by atoms with Crippen LogP contribution in [-0.4, -0.2) is 88.3 Å². The van der Waals surface area contributed by atoms with Crippen LogP contribution < -0.4 is 10.4 Å². The van der Waals surface area contributed by atoms with Crippen molar-refractivity contribution in [3.63, 3.8) is 0 Å². The average molecular weight is 883 g/mol. The van der Waals surface area contributed by atoms with Gasteiger partial charge >= 0.3 is 0 Å². The lowest BCUT2D eigenvalue weighted by Gasteiger charge is -2.49. The molecular weight excluding hydrogens is 813 g/mol. The van der Waals surface area contributed by atoms with Crippen LogP contribution in [-0.2, 0) is 50.8 Å². The van der Waals surface area contributed by atoms with Gasteiger partial charge in [0.2, 0.25) is 0 Å². The van der Waals surface area contributed by atoms with Gasteiger partial charge in [0, 0.05) is 26.6 Å². The fourth-order valence-corrected chi connectivity index (χ4v) is 15.9. The van der Waals surface area contributed by atoms with E-state index in [0.29, 0.717) is 39.3 Å². The van der Waals surface area contributed by atoms with E-state index < -0.39 is 18.9 Å². The molecule has 62 heavy (non-hydrogen) atoms. The lowest BCUT2D eigenvalue weighted by Crippen LogP contribution is -2.66. The number of benzene rings is 4. The summed E-state index contributed by atoms with van der Waals surface area (Å²) >= 11 is 1.84. The standard InChI is InChI=1S/C52H70O8SSi/c1-8-61-52-34-46(56-38-53-7)49-45(33-47(55-36-41-24-15-10-16-25-41)51(6,60-49)37-54-35-40-22-13-9-14-23-40)58-48(52)32-39(2)44(59-52)30-21-31-57-62(50(3,4)5,42-26-17-11-18-27-42)43-28-19-12-20-29-43/h9-20,22-29,39,44-49H,8,21,30-38H2,1-7H3/t39-,44-,45+,46-,47-,48-,49+,51+,52-/m0/s1. The second-order valence-corrected chi connectivity index (χ2v) is 24.5. The largest absolute Gasteiger partial charge is 0.407 e. The van der Waals surface area contributed by atoms with Crippen molar-refractivity contribution in [2.24, 2.45) is 5.92 Å². The first-order chi connectivity index (χ1) is 30.0. The van der Waals surface area contributed by atoms with E-state index in [-0.39, 0.29) is 54.4 Å². The van der Waals surface area contributed by atoms with Gasteiger partial charge in [-0.05, 0) is 64.4 Å². The van der Waals surface area contributed by atoms with E-state index in [1.807, 2.05) is 48.2 Å². The van der Waals surface area contributed by atoms with Gasteiger partial charge in [0.1, 0.15) is 23.4 Å². The topological polar surface area (TPSA) is 73.8 Å². The second kappa shape index (κ2) is 21.4. The van der Waals surface area contributed by atoms with E-state index in [0.717, 1.165) is 36.1 Å². The number of rotatable bonds is 19. The predicted octanol–water partition coefficient (Wildman–Crippen LogP) is 9.71. The van der Waals surface area contributed by atoms with Crippen molar-refractivity contribution >= 4 is 30.5 Å². The normalized spacial score (nSPS) is 29.0. The third-order valence-corrected chi connectivity index (χ3v) is 19.4. The molecule has 3 saturated heterocycles. The summed E-state index contributed by atoms with van der Waals surface area (Å²) in [4.78, 5) is -0.634. The van der Waals surface area contributed by atoms with Crippen LogP contribution in [0.4, 0.5) is 0 Å². The van der Waals surface area contributed by atoms with Crippen molar-refractivity contribution in [1.82, 2.24) is 0 Å². The van der Waals surface area contributed by atoms with Gasteiger partial charge in [-0.1, -0.05) is 156 Å². The Balaban J connectivity index is 1.11. The first-order valence-electron chi connectivity index (χ1n) is 22.8. The van der Waals surface area contributed by atoms with Crippen LogP contribution in [0.3, 0.4) is 0 Å². The number of hydrogen-bond acceptors (Lipinski definition) is 9. The maximum absolute atomic E-state index is 7.46. The maximum atomic E-state index is 7.46. The highest BCUT2D eigenvalue weighted by atomic mass is 32.2. The van der Waals surface area contributed by atoms with Crippen molar-refractivity contribution in [3.8, 4) is 0 Å². The summed E-state index contributed by atoms with van der Waals surface area (Å²) in [6.07, 6.45) is 2.46. The predicted molar refractivity (Wildman–Crippen MR) is 251 cm³/mol. The zero-order valence-corrected chi connectivity index (χ0v) is 39.9. The molecule has 8 nitrogen and oxygen atoms in total. The molecule has 10 heteroatoms. The number of thioether (sulfide) groups is 1. The molecule has 7 rings (SSSR count). The smallest absolute Gasteiger partial charge is 0.261 e. The Morgan fingerprint density at radius 3 is 1.95 bits per heavy atom. The number of methoxy groups -OCH3 is 1. The molecule has 3 fully saturated rings. The van der Waals surface area contributed by atoms with Crippen LogP contribution >= 0.6 is 11.8 Å². The third-order valence-electron chi connectivity index (χ3n) is 13.1. The second-order valence-electron chi connectivity index (χ2n) is 18.6. The maximum Gasteiger partial charge on any atom is 0.261 e. The van der Waals surface area contributed by atoms with Crippen molar-refractivity contribution in [3.05, 3.63) is 132 Å². The molecule has 3 aliphatic rings. The molecule has 0 saturated carbocycles. The molecule has 0 aromatic heterocycles. The summed E-state index contributed by atoms with van der Waals surface area (Å²) in [7, 11) is -0.980. The Morgan fingerprint density at radius 2 is 1.37 bits per heavy atom. The van der Waals surface area contributed by atoms with Crippen LogP contribution in [0.1, 0.15) is 84.8 Å². The lowest BCUT2D eigenvalue weighted by molar-refractivity contribution is -0.284. The zero-order valence-electron chi connectivity index (χ0n) is 38.0. The van der Waals surface area contributed by atoms with E-state index in [1.54, 1.807) is 7.11 Å². The highest BCUT2D eigenvalue weighted by molar-refractivity contribution is 8.00. The van der Waals surface area contributed by atoms with Crippen LogP contribution in [0.15, 0.2) is 121 Å². The average Bonchev–Trinajstić information content (AvgIpc) is 3.39. The molecule has 0 spiro atoms. The van der Waals surface area contributed by atoms with Crippen molar-refractivity contribution < 1.29 is 37.6 Å². The van der Waals surface area contributed by atoms with E-state index in [4.69, 9.17) is 37.6 Å². The lowest BCUT2D eigenvalue weighted by atomic mass is 9.85. The minimum atomic E-state index is -2.65. The summed E-state index contributed by atoms with van der Waals surface area (Å²) in [5, 5.41) is 2.52. The van der Waals surface area contributed by atoms with Gasteiger partial charge in [-0.3, -0.25) is 0 Å². The molecule has 3 heterocycles. The Hall–Kier alpha value is -2.87. The fourth-order valence-electron chi connectivity index (χ4n) is 10.0. The summed E-state index contributed by atoms with van der Waals surface area (Å²) in [6, 6.07) is 42.4. The molecule has 0 N–H and O–H groups in total. The van der Waals surface area contributed by atoms with Crippen molar-refractivity contribution in [2.45, 2.75) is 139 Å². The van der Waals surface area contributed by atoms with Crippen LogP contribution in [0.25, 0.3) is 0 Å². The molecule has 4 aromatic carbocycles. The summed E-state index contributed by atoms with van der Waals surface area (Å²) in [6.45, 7) is 15.8. The molecule has 0 bridgehead atoms. The Bertz CT molecular complexity index is 1880. The van der Waals surface area contributed by atoms with Crippen molar-refractivity contribution in [1.29, 1.82) is 0 Å². The Morgan fingerprint density at radius 1 is 0.774 bits per heavy atom. The summed E-state index contributed by atoms with van der Waals surface area (Å²) < 4.78 is 54.8. The molecule has 0 aliphatic carbocycles. The number of hydrogen-bond donors (Lipinski definition) is 0. The van der Waals surface area contributed by atoms with Crippen LogP contribution in [0.2, 0.25) is 5.04 Å². The molecular formula is C52H70O8SSi.